The number of rotatable bonds is 1. The lowest BCUT2D eigenvalue weighted by molar-refractivity contribution is -0.0169. The molecule has 0 saturated heterocycles. The largest absolute Gasteiger partial charge is 0.591 e. The molecule has 0 heterocycles. The van der Waals surface area contributed by atoms with Gasteiger partial charge in [0, 0.05) is 11.8 Å². The Bertz CT molecular complexity index is 372. The van der Waals surface area contributed by atoms with Crippen molar-refractivity contribution in [3.05, 3.63) is 0 Å². The van der Waals surface area contributed by atoms with Crippen LogP contribution in [0.15, 0.2) is 4.40 Å². The van der Waals surface area contributed by atoms with Crippen LogP contribution >= 0.6 is 0 Å². The lowest BCUT2D eigenvalue weighted by Crippen LogP contribution is -2.53. The second-order valence-corrected chi connectivity index (χ2v) is 9.28. The average molecular weight is 271 g/mol. The minimum absolute atomic E-state index is 0.271. The van der Waals surface area contributed by atoms with Gasteiger partial charge >= 0.3 is 0 Å². The van der Waals surface area contributed by atoms with E-state index in [1.54, 1.807) is 0 Å². The molecule has 4 fully saturated rings. The molecule has 4 aliphatic carbocycles. The van der Waals surface area contributed by atoms with Crippen LogP contribution in [0.5, 0.6) is 0 Å². The molecule has 102 valence electrons. The van der Waals surface area contributed by atoms with Crippen LogP contribution < -0.4 is 0 Å². The van der Waals surface area contributed by atoms with Crippen molar-refractivity contribution in [3.63, 3.8) is 0 Å². The van der Waals surface area contributed by atoms with E-state index >= 15 is 0 Å². The predicted octanol–water partition coefficient (Wildman–Crippen LogP) is 3.44. The van der Waals surface area contributed by atoms with E-state index in [1.165, 1.54) is 0 Å². The molecule has 0 amide bonds. The lowest BCUT2D eigenvalue weighted by atomic mass is 9.54. The SMILES string of the molecule is CC(C)(C)[S+]([O-])N=C1C2CC3CC1CC(F)(C3)C2. The van der Waals surface area contributed by atoms with Crippen molar-refractivity contribution in [2.24, 2.45) is 22.2 Å². The Kier molecular flexibility index (Phi) is 2.84. The van der Waals surface area contributed by atoms with E-state index in [2.05, 4.69) is 4.40 Å². The third kappa shape index (κ3) is 2.11. The van der Waals surface area contributed by atoms with Crippen molar-refractivity contribution in [1.82, 2.24) is 0 Å². The Morgan fingerprint density at radius 1 is 1.22 bits per heavy atom. The van der Waals surface area contributed by atoms with Crippen LogP contribution in [0, 0.1) is 17.8 Å². The van der Waals surface area contributed by atoms with E-state index in [0.29, 0.717) is 18.8 Å². The molecule has 3 unspecified atom stereocenters. The standard InChI is InChI=1S/C14H22FNOS/c1-13(2,3)18(17)16-12-10-4-9-5-11(12)8-14(15,6-9)7-10/h9-11H,4-8H2,1-3H3. The molecule has 4 bridgehead atoms. The van der Waals surface area contributed by atoms with Gasteiger partial charge in [0.2, 0.25) is 0 Å². The quantitative estimate of drug-likeness (QED) is 0.673. The van der Waals surface area contributed by atoms with Gasteiger partial charge in [0.1, 0.15) is 21.8 Å². The van der Waals surface area contributed by atoms with Gasteiger partial charge in [-0.1, -0.05) is 4.40 Å². The minimum Gasteiger partial charge on any atom is -0.591 e. The Hall–Kier alpha value is -0.0900. The van der Waals surface area contributed by atoms with E-state index in [4.69, 9.17) is 0 Å². The highest BCUT2D eigenvalue weighted by Gasteiger charge is 2.55. The summed E-state index contributed by atoms with van der Waals surface area (Å²) in [5.41, 5.74) is 0.145. The van der Waals surface area contributed by atoms with Crippen LogP contribution in [-0.4, -0.2) is 20.7 Å². The highest BCUT2D eigenvalue weighted by molar-refractivity contribution is 7.91. The van der Waals surface area contributed by atoms with Crippen molar-refractivity contribution in [3.8, 4) is 0 Å². The number of halogens is 1. The van der Waals surface area contributed by atoms with Crippen LogP contribution in [0.25, 0.3) is 0 Å². The highest BCUT2D eigenvalue weighted by Crippen LogP contribution is 2.56. The highest BCUT2D eigenvalue weighted by atomic mass is 32.2. The third-order valence-electron chi connectivity index (χ3n) is 4.66. The van der Waals surface area contributed by atoms with Gasteiger partial charge in [0.15, 0.2) is 0 Å². The molecule has 0 aliphatic heterocycles. The van der Waals surface area contributed by atoms with Crippen LogP contribution in [0.1, 0.15) is 52.9 Å². The fourth-order valence-corrected chi connectivity index (χ4v) is 4.81. The Balaban J connectivity index is 1.85. The van der Waals surface area contributed by atoms with Gasteiger partial charge < -0.3 is 4.55 Å². The maximum absolute atomic E-state index is 14.5. The van der Waals surface area contributed by atoms with E-state index in [0.717, 1.165) is 25.0 Å². The molecule has 0 radical (unpaired) electrons. The number of nitrogens with zero attached hydrogens (tertiary/aromatic N) is 1. The van der Waals surface area contributed by atoms with Crippen molar-refractivity contribution in [2.75, 3.05) is 0 Å². The van der Waals surface area contributed by atoms with Crippen LogP contribution in [0.2, 0.25) is 0 Å². The zero-order chi connectivity index (χ0) is 13.1. The lowest BCUT2D eigenvalue weighted by Gasteiger charge is -2.52. The second kappa shape index (κ2) is 3.95. The molecule has 4 aliphatic rings. The fourth-order valence-electron chi connectivity index (χ4n) is 4.05. The summed E-state index contributed by atoms with van der Waals surface area (Å²) in [7, 11) is 0. The van der Waals surface area contributed by atoms with Gasteiger partial charge in [-0.05, 0) is 58.8 Å². The summed E-state index contributed by atoms with van der Waals surface area (Å²) < 4.78 is 30.9. The average Bonchev–Trinajstić information content (AvgIpc) is 2.19. The molecule has 0 aromatic carbocycles. The molecule has 4 heteroatoms. The summed E-state index contributed by atoms with van der Waals surface area (Å²) >= 11 is -1.19. The Labute approximate surface area is 112 Å². The van der Waals surface area contributed by atoms with Gasteiger partial charge in [-0.15, -0.1) is 0 Å². The zero-order valence-corrected chi connectivity index (χ0v) is 12.2. The van der Waals surface area contributed by atoms with E-state index < -0.39 is 17.0 Å². The van der Waals surface area contributed by atoms with Crippen LogP contribution in [0.3, 0.4) is 0 Å². The molecule has 0 aromatic rings. The minimum atomic E-state index is -1.19. The molecule has 4 rings (SSSR count). The molecular formula is C14H22FNOS. The van der Waals surface area contributed by atoms with Gasteiger partial charge in [0.25, 0.3) is 0 Å². The number of hydrogen-bond acceptors (Lipinski definition) is 2. The van der Waals surface area contributed by atoms with Gasteiger partial charge in [-0.25, -0.2) is 4.39 Å². The first-order valence-electron chi connectivity index (χ1n) is 6.96. The van der Waals surface area contributed by atoms with E-state index in [9.17, 15) is 8.94 Å². The number of alkyl halides is 1. The molecule has 2 nitrogen and oxygen atoms in total. The third-order valence-corrected chi connectivity index (χ3v) is 6.09. The van der Waals surface area contributed by atoms with Crippen molar-refractivity contribution in [2.45, 2.75) is 63.3 Å². The van der Waals surface area contributed by atoms with Gasteiger partial charge in [-0.2, -0.15) is 0 Å². The molecule has 4 saturated carbocycles. The Morgan fingerprint density at radius 2 is 1.78 bits per heavy atom. The first-order chi connectivity index (χ1) is 8.27. The molecular weight excluding hydrogens is 249 g/mol. The molecule has 3 atom stereocenters. The van der Waals surface area contributed by atoms with Gasteiger partial charge in [0.05, 0.1) is 5.71 Å². The maximum atomic E-state index is 14.5. The van der Waals surface area contributed by atoms with Crippen molar-refractivity contribution < 1.29 is 8.94 Å². The molecule has 0 spiro atoms. The molecule has 0 aromatic heterocycles. The monoisotopic (exact) mass is 271 g/mol. The summed E-state index contributed by atoms with van der Waals surface area (Å²) in [6.45, 7) is 5.83. The zero-order valence-electron chi connectivity index (χ0n) is 11.4. The predicted molar refractivity (Wildman–Crippen MR) is 72.7 cm³/mol. The van der Waals surface area contributed by atoms with Crippen molar-refractivity contribution in [1.29, 1.82) is 0 Å². The van der Waals surface area contributed by atoms with E-state index in [-0.39, 0.29) is 16.6 Å². The fraction of sp³-hybridized carbons (Fsp3) is 0.929. The smallest absolute Gasteiger partial charge is 0.144 e. The summed E-state index contributed by atoms with van der Waals surface area (Å²) in [4.78, 5) is 0. The van der Waals surface area contributed by atoms with Crippen molar-refractivity contribution >= 4 is 17.1 Å². The summed E-state index contributed by atoms with van der Waals surface area (Å²) in [6, 6.07) is 0. The van der Waals surface area contributed by atoms with Gasteiger partial charge in [-0.3, -0.25) is 0 Å². The topological polar surface area (TPSA) is 35.4 Å². The molecule has 18 heavy (non-hydrogen) atoms. The second-order valence-electron chi connectivity index (χ2n) is 7.37. The first-order valence-corrected chi connectivity index (χ1v) is 8.07. The maximum Gasteiger partial charge on any atom is 0.144 e. The molecule has 0 N–H and O–H groups in total. The summed E-state index contributed by atoms with van der Waals surface area (Å²) in [5, 5.41) is 0. The first kappa shape index (κ1) is 12.9. The van der Waals surface area contributed by atoms with E-state index in [1.807, 2.05) is 20.8 Å². The van der Waals surface area contributed by atoms with Crippen LogP contribution in [-0.2, 0) is 11.4 Å². The Morgan fingerprint density at radius 3 is 2.22 bits per heavy atom. The summed E-state index contributed by atoms with van der Waals surface area (Å²) in [5.74, 6) is 1.09. The summed E-state index contributed by atoms with van der Waals surface area (Å²) in [6.07, 6.45) is 4.15. The normalized spacial score (nSPS) is 44.3. The van der Waals surface area contributed by atoms with Crippen LogP contribution in [0.4, 0.5) is 4.39 Å². The number of hydrogen-bond donors (Lipinski definition) is 0.